The summed E-state index contributed by atoms with van der Waals surface area (Å²) in [5.41, 5.74) is 5.95. The van der Waals surface area contributed by atoms with Gasteiger partial charge in [0.1, 0.15) is 5.82 Å². The zero-order valence-electron chi connectivity index (χ0n) is 12.3. The molecule has 0 amide bonds. The molecule has 0 unspecified atom stereocenters. The van der Waals surface area contributed by atoms with E-state index < -0.39 is 0 Å². The third kappa shape index (κ3) is 2.75. The smallest absolute Gasteiger partial charge is 0.162 e. The van der Waals surface area contributed by atoms with Crippen LogP contribution in [0, 0.1) is 20.8 Å². The van der Waals surface area contributed by atoms with Crippen LogP contribution >= 0.6 is 0 Å². The molecule has 0 atom stereocenters. The minimum Gasteiger partial charge on any atom is -0.373 e. The SMILES string of the molecule is CCc1cc(NC)nc(-c2c(C)cc(C)cc2C)n1. The van der Waals surface area contributed by atoms with E-state index in [4.69, 9.17) is 0 Å². The van der Waals surface area contributed by atoms with Crippen LogP contribution in [0.4, 0.5) is 5.82 Å². The van der Waals surface area contributed by atoms with E-state index >= 15 is 0 Å². The standard InChI is InChI=1S/C16H21N3/c1-6-13-9-14(17-5)19-16(18-13)15-11(3)7-10(2)8-12(15)4/h7-9H,6H2,1-5H3,(H,17,18,19). The molecule has 1 N–H and O–H groups in total. The van der Waals surface area contributed by atoms with E-state index in [1.807, 2.05) is 13.1 Å². The highest BCUT2D eigenvalue weighted by atomic mass is 15.0. The molecule has 0 fully saturated rings. The van der Waals surface area contributed by atoms with Gasteiger partial charge in [-0.25, -0.2) is 9.97 Å². The fourth-order valence-electron chi connectivity index (χ4n) is 2.45. The number of rotatable bonds is 3. The monoisotopic (exact) mass is 255 g/mol. The molecule has 0 aliphatic carbocycles. The van der Waals surface area contributed by atoms with Crippen molar-refractivity contribution in [2.45, 2.75) is 34.1 Å². The highest BCUT2D eigenvalue weighted by molar-refractivity contribution is 5.66. The van der Waals surface area contributed by atoms with Crippen molar-refractivity contribution in [2.24, 2.45) is 0 Å². The van der Waals surface area contributed by atoms with Crippen LogP contribution in [0.3, 0.4) is 0 Å². The summed E-state index contributed by atoms with van der Waals surface area (Å²) < 4.78 is 0. The number of nitrogens with zero attached hydrogens (tertiary/aromatic N) is 2. The molecule has 0 bridgehead atoms. The molecular weight excluding hydrogens is 234 g/mol. The summed E-state index contributed by atoms with van der Waals surface area (Å²) in [5.74, 6) is 1.69. The lowest BCUT2D eigenvalue weighted by Crippen LogP contribution is -2.02. The van der Waals surface area contributed by atoms with Crippen LogP contribution in [0.15, 0.2) is 18.2 Å². The Morgan fingerprint density at radius 2 is 1.63 bits per heavy atom. The second kappa shape index (κ2) is 5.39. The Balaban J connectivity index is 2.64. The summed E-state index contributed by atoms with van der Waals surface area (Å²) in [6.45, 7) is 8.47. The van der Waals surface area contributed by atoms with E-state index in [1.165, 1.54) is 16.7 Å². The molecule has 0 saturated heterocycles. The highest BCUT2D eigenvalue weighted by Crippen LogP contribution is 2.26. The number of hydrogen-bond donors (Lipinski definition) is 1. The zero-order valence-corrected chi connectivity index (χ0v) is 12.3. The second-order valence-electron chi connectivity index (χ2n) is 4.95. The molecule has 0 saturated carbocycles. The largest absolute Gasteiger partial charge is 0.373 e. The van der Waals surface area contributed by atoms with Gasteiger partial charge in [-0.1, -0.05) is 24.6 Å². The molecule has 0 aliphatic heterocycles. The Morgan fingerprint density at radius 1 is 1.00 bits per heavy atom. The Kier molecular flexibility index (Phi) is 3.84. The van der Waals surface area contributed by atoms with Crippen molar-refractivity contribution >= 4 is 5.82 Å². The van der Waals surface area contributed by atoms with Crippen molar-refractivity contribution in [1.29, 1.82) is 0 Å². The van der Waals surface area contributed by atoms with E-state index in [2.05, 4.69) is 55.1 Å². The van der Waals surface area contributed by atoms with Gasteiger partial charge in [0.2, 0.25) is 0 Å². The van der Waals surface area contributed by atoms with Crippen LogP contribution in [0.25, 0.3) is 11.4 Å². The van der Waals surface area contributed by atoms with Gasteiger partial charge in [0.25, 0.3) is 0 Å². The average molecular weight is 255 g/mol. The Hall–Kier alpha value is -1.90. The van der Waals surface area contributed by atoms with E-state index in [1.54, 1.807) is 0 Å². The normalized spacial score (nSPS) is 10.6. The maximum absolute atomic E-state index is 4.67. The fraction of sp³-hybridized carbons (Fsp3) is 0.375. The Morgan fingerprint density at radius 3 is 2.16 bits per heavy atom. The van der Waals surface area contributed by atoms with Crippen LogP contribution in [0.5, 0.6) is 0 Å². The number of nitrogens with one attached hydrogen (secondary N) is 1. The number of anilines is 1. The molecule has 3 nitrogen and oxygen atoms in total. The highest BCUT2D eigenvalue weighted by Gasteiger charge is 2.11. The predicted molar refractivity (Wildman–Crippen MR) is 80.6 cm³/mol. The third-order valence-electron chi connectivity index (χ3n) is 3.30. The van der Waals surface area contributed by atoms with Gasteiger partial charge in [-0.2, -0.15) is 0 Å². The van der Waals surface area contributed by atoms with Gasteiger partial charge in [-0.05, 0) is 38.3 Å². The summed E-state index contributed by atoms with van der Waals surface area (Å²) in [4.78, 5) is 9.27. The van der Waals surface area contributed by atoms with Crippen LogP contribution in [-0.2, 0) is 6.42 Å². The first-order valence-electron chi connectivity index (χ1n) is 6.69. The summed E-state index contributed by atoms with van der Waals surface area (Å²) in [6.07, 6.45) is 0.911. The molecule has 2 rings (SSSR count). The molecule has 0 aliphatic rings. The van der Waals surface area contributed by atoms with Crippen molar-refractivity contribution in [3.05, 3.63) is 40.6 Å². The molecule has 1 aromatic carbocycles. The van der Waals surface area contributed by atoms with E-state index in [9.17, 15) is 0 Å². The molecule has 3 heteroatoms. The predicted octanol–water partition coefficient (Wildman–Crippen LogP) is 3.67. The molecule has 100 valence electrons. The summed E-state index contributed by atoms with van der Waals surface area (Å²) in [5, 5.41) is 3.11. The number of aromatic nitrogens is 2. The maximum atomic E-state index is 4.67. The van der Waals surface area contributed by atoms with Gasteiger partial charge in [-0.15, -0.1) is 0 Å². The van der Waals surface area contributed by atoms with Crippen LogP contribution < -0.4 is 5.32 Å². The Bertz CT molecular complexity index is 558. The molecule has 0 spiro atoms. The van der Waals surface area contributed by atoms with Crippen molar-refractivity contribution in [3.63, 3.8) is 0 Å². The van der Waals surface area contributed by atoms with Crippen molar-refractivity contribution < 1.29 is 0 Å². The first-order valence-corrected chi connectivity index (χ1v) is 6.69. The fourth-order valence-corrected chi connectivity index (χ4v) is 2.45. The molecule has 1 heterocycles. The minimum atomic E-state index is 0.818. The lowest BCUT2D eigenvalue weighted by Gasteiger charge is -2.12. The number of hydrogen-bond acceptors (Lipinski definition) is 3. The van der Waals surface area contributed by atoms with Gasteiger partial charge in [0.15, 0.2) is 5.82 Å². The summed E-state index contributed by atoms with van der Waals surface area (Å²) in [6, 6.07) is 6.37. The van der Waals surface area contributed by atoms with Gasteiger partial charge in [-0.3, -0.25) is 0 Å². The van der Waals surface area contributed by atoms with Crippen LogP contribution in [0.1, 0.15) is 29.3 Å². The van der Waals surface area contributed by atoms with Gasteiger partial charge in [0.05, 0.1) is 0 Å². The van der Waals surface area contributed by atoms with E-state index in [-0.39, 0.29) is 0 Å². The van der Waals surface area contributed by atoms with E-state index in [0.717, 1.165) is 29.3 Å². The minimum absolute atomic E-state index is 0.818. The molecule has 0 radical (unpaired) electrons. The lowest BCUT2D eigenvalue weighted by atomic mass is 9.99. The van der Waals surface area contributed by atoms with Crippen molar-refractivity contribution in [1.82, 2.24) is 9.97 Å². The average Bonchev–Trinajstić information content (AvgIpc) is 2.37. The van der Waals surface area contributed by atoms with Crippen LogP contribution in [0.2, 0.25) is 0 Å². The summed E-state index contributed by atoms with van der Waals surface area (Å²) >= 11 is 0. The summed E-state index contributed by atoms with van der Waals surface area (Å²) in [7, 11) is 1.89. The van der Waals surface area contributed by atoms with Crippen molar-refractivity contribution in [2.75, 3.05) is 12.4 Å². The number of benzene rings is 1. The van der Waals surface area contributed by atoms with Gasteiger partial charge < -0.3 is 5.32 Å². The Labute approximate surface area is 115 Å². The van der Waals surface area contributed by atoms with Crippen molar-refractivity contribution in [3.8, 4) is 11.4 Å². The first-order chi connectivity index (χ1) is 9.05. The zero-order chi connectivity index (χ0) is 14.0. The topological polar surface area (TPSA) is 37.8 Å². The first kappa shape index (κ1) is 13.5. The molecule has 19 heavy (non-hydrogen) atoms. The molecule has 1 aromatic heterocycles. The van der Waals surface area contributed by atoms with Crippen LogP contribution in [-0.4, -0.2) is 17.0 Å². The maximum Gasteiger partial charge on any atom is 0.162 e. The van der Waals surface area contributed by atoms with Gasteiger partial charge >= 0.3 is 0 Å². The van der Waals surface area contributed by atoms with Gasteiger partial charge in [0, 0.05) is 24.4 Å². The third-order valence-corrected chi connectivity index (χ3v) is 3.30. The quantitative estimate of drug-likeness (QED) is 0.909. The van der Waals surface area contributed by atoms with E-state index in [0.29, 0.717) is 0 Å². The molecular formula is C16H21N3. The lowest BCUT2D eigenvalue weighted by molar-refractivity contribution is 1.00. The molecule has 2 aromatic rings. The number of aryl methyl sites for hydroxylation is 4. The second-order valence-corrected chi connectivity index (χ2v) is 4.95.